The summed E-state index contributed by atoms with van der Waals surface area (Å²) in [7, 11) is 3.91. The van der Waals surface area contributed by atoms with E-state index in [0.29, 0.717) is 17.9 Å². The van der Waals surface area contributed by atoms with E-state index in [-0.39, 0.29) is 18.2 Å². The molecule has 0 aliphatic carbocycles. The van der Waals surface area contributed by atoms with E-state index in [4.69, 9.17) is 4.42 Å². The van der Waals surface area contributed by atoms with Crippen LogP contribution in [0.4, 0.5) is 17.3 Å². The van der Waals surface area contributed by atoms with Crippen LogP contribution < -0.4 is 16.0 Å². The molecule has 0 bridgehead atoms. The molecule has 1 aromatic carbocycles. The van der Waals surface area contributed by atoms with E-state index in [1.807, 2.05) is 19.0 Å². The van der Waals surface area contributed by atoms with Crippen LogP contribution in [0.25, 0.3) is 0 Å². The molecular formula is C17H21N5O5. The first-order valence-corrected chi connectivity index (χ1v) is 8.16. The Hall–Kier alpha value is -3.24. The van der Waals surface area contributed by atoms with Crippen LogP contribution >= 0.6 is 0 Å². The molecule has 2 rings (SSSR count). The van der Waals surface area contributed by atoms with Crippen LogP contribution in [0.15, 0.2) is 40.8 Å². The average molecular weight is 375 g/mol. The lowest BCUT2D eigenvalue weighted by atomic mass is 10.2. The third-order valence-corrected chi connectivity index (χ3v) is 3.44. The van der Waals surface area contributed by atoms with Gasteiger partial charge in [0.2, 0.25) is 5.91 Å². The number of likely N-dealkylation sites (N-methyl/N-ethyl adjacent to an activating group) is 1. The Morgan fingerprint density at radius 2 is 1.70 bits per heavy atom. The molecule has 27 heavy (non-hydrogen) atoms. The Kier molecular flexibility index (Phi) is 7.03. The quantitative estimate of drug-likeness (QED) is 0.344. The third kappa shape index (κ3) is 6.53. The molecule has 1 heterocycles. The minimum atomic E-state index is -0.719. The fraction of sp³-hybridized carbons (Fsp3) is 0.294. The Morgan fingerprint density at radius 3 is 2.26 bits per heavy atom. The van der Waals surface area contributed by atoms with Crippen molar-refractivity contribution in [3.63, 3.8) is 0 Å². The maximum Gasteiger partial charge on any atom is 0.433 e. The molecule has 0 saturated carbocycles. The van der Waals surface area contributed by atoms with Crippen LogP contribution in [-0.4, -0.2) is 55.4 Å². The summed E-state index contributed by atoms with van der Waals surface area (Å²) in [4.78, 5) is 35.7. The van der Waals surface area contributed by atoms with E-state index >= 15 is 0 Å². The summed E-state index contributed by atoms with van der Waals surface area (Å²) < 4.78 is 4.84. The first-order valence-electron chi connectivity index (χ1n) is 8.16. The molecule has 0 fully saturated rings. The van der Waals surface area contributed by atoms with Crippen molar-refractivity contribution < 1.29 is 18.9 Å². The number of carbonyl (C=O) groups excluding carboxylic acids is 2. The molecule has 2 aromatic rings. The van der Waals surface area contributed by atoms with Gasteiger partial charge in [-0.15, -0.1) is 0 Å². The maximum absolute atomic E-state index is 12.0. The van der Waals surface area contributed by atoms with Crippen LogP contribution in [0.5, 0.6) is 0 Å². The van der Waals surface area contributed by atoms with Crippen molar-refractivity contribution in [2.75, 3.05) is 44.4 Å². The topological polar surface area (TPSA) is 130 Å². The summed E-state index contributed by atoms with van der Waals surface area (Å²) in [5.41, 5.74) is 1.04. The molecule has 144 valence electrons. The van der Waals surface area contributed by atoms with Gasteiger partial charge in [-0.3, -0.25) is 19.7 Å². The van der Waals surface area contributed by atoms with Gasteiger partial charge in [-0.2, -0.15) is 0 Å². The lowest BCUT2D eigenvalue weighted by Gasteiger charge is -2.11. The van der Waals surface area contributed by atoms with Crippen molar-refractivity contribution in [1.82, 2.24) is 10.2 Å². The third-order valence-electron chi connectivity index (χ3n) is 3.44. The number of furan rings is 1. The number of benzene rings is 1. The van der Waals surface area contributed by atoms with Crippen molar-refractivity contribution >= 4 is 29.1 Å². The molecule has 10 heteroatoms. The zero-order chi connectivity index (χ0) is 19.8. The number of rotatable bonds is 9. The minimum absolute atomic E-state index is 0.164. The van der Waals surface area contributed by atoms with Crippen molar-refractivity contribution in [1.29, 1.82) is 0 Å². The number of nitro groups is 1. The molecule has 0 unspecified atom stereocenters. The van der Waals surface area contributed by atoms with Crippen LogP contribution in [0.2, 0.25) is 0 Å². The van der Waals surface area contributed by atoms with Crippen molar-refractivity contribution in [2.24, 2.45) is 0 Å². The van der Waals surface area contributed by atoms with Gasteiger partial charge < -0.3 is 25.3 Å². The molecule has 1 aromatic heterocycles. The van der Waals surface area contributed by atoms with Crippen LogP contribution in [0, 0.1) is 10.1 Å². The summed E-state index contributed by atoms with van der Waals surface area (Å²) in [6, 6.07) is 8.82. The van der Waals surface area contributed by atoms with Gasteiger partial charge in [0.25, 0.3) is 5.91 Å². The standard InChI is InChI=1S/C17H21N5O5/c1-21(2)10-9-18-11-15(23)19-12-3-5-13(6-4-12)20-17(24)14-7-8-16(27-14)22(25)26/h3-8,18H,9-11H2,1-2H3,(H,19,23)(H,20,24). The van der Waals surface area contributed by atoms with Gasteiger partial charge in [0.05, 0.1) is 12.6 Å². The lowest BCUT2D eigenvalue weighted by molar-refractivity contribution is -0.402. The minimum Gasteiger partial charge on any atom is -0.395 e. The highest BCUT2D eigenvalue weighted by Gasteiger charge is 2.17. The lowest BCUT2D eigenvalue weighted by Crippen LogP contribution is -2.33. The Bertz CT molecular complexity index is 800. The summed E-state index contributed by atoms with van der Waals surface area (Å²) in [6.45, 7) is 1.74. The number of anilines is 2. The molecule has 0 atom stereocenters. The molecule has 2 amide bonds. The van der Waals surface area contributed by atoms with Gasteiger partial charge >= 0.3 is 5.88 Å². The van der Waals surface area contributed by atoms with E-state index in [1.54, 1.807) is 24.3 Å². The van der Waals surface area contributed by atoms with Gasteiger partial charge in [-0.25, -0.2) is 0 Å². The van der Waals surface area contributed by atoms with Gasteiger partial charge in [0.15, 0.2) is 5.76 Å². The van der Waals surface area contributed by atoms with E-state index < -0.39 is 16.7 Å². The first-order chi connectivity index (χ1) is 12.8. The van der Waals surface area contributed by atoms with Crippen molar-refractivity contribution in [3.05, 3.63) is 52.3 Å². The fourth-order valence-corrected chi connectivity index (χ4v) is 2.09. The number of amides is 2. The average Bonchev–Trinajstić information content (AvgIpc) is 3.11. The second-order valence-corrected chi connectivity index (χ2v) is 5.95. The van der Waals surface area contributed by atoms with Gasteiger partial charge in [-0.1, -0.05) is 0 Å². The second kappa shape index (κ2) is 9.46. The molecule has 0 radical (unpaired) electrons. The highest BCUT2D eigenvalue weighted by molar-refractivity contribution is 6.02. The number of hydrogen-bond acceptors (Lipinski definition) is 7. The second-order valence-electron chi connectivity index (χ2n) is 5.95. The van der Waals surface area contributed by atoms with E-state index in [9.17, 15) is 19.7 Å². The van der Waals surface area contributed by atoms with Crippen molar-refractivity contribution in [2.45, 2.75) is 0 Å². The zero-order valence-corrected chi connectivity index (χ0v) is 15.0. The highest BCUT2D eigenvalue weighted by atomic mass is 16.6. The van der Waals surface area contributed by atoms with Gasteiger partial charge in [0, 0.05) is 24.5 Å². The smallest absolute Gasteiger partial charge is 0.395 e. The SMILES string of the molecule is CN(C)CCNCC(=O)Nc1ccc(NC(=O)c2ccc([N+](=O)[O-])o2)cc1. The van der Waals surface area contributed by atoms with Gasteiger partial charge in [0.1, 0.15) is 4.92 Å². The first kappa shape index (κ1) is 20.1. The Morgan fingerprint density at radius 1 is 1.07 bits per heavy atom. The molecular weight excluding hydrogens is 354 g/mol. The molecule has 10 nitrogen and oxygen atoms in total. The predicted molar refractivity (Wildman–Crippen MR) is 99.8 cm³/mol. The van der Waals surface area contributed by atoms with E-state index in [2.05, 4.69) is 16.0 Å². The zero-order valence-electron chi connectivity index (χ0n) is 15.0. The molecule has 3 N–H and O–H groups in total. The fourth-order valence-electron chi connectivity index (χ4n) is 2.09. The Labute approximate surface area is 155 Å². The molecule has 0 aliphatic heterocycles. The maximum atomic E-state index is 12.0. The highest BCUT2D eigenvalue weighted by Crippen LogP contribution is 2.18. The number of nitrogens with zero attached hydrogens (tertiary/aromatic N) is 2. The van der Waals surface area contributed by atoms with E-state index in [0.717, 1.165) is 12.6 Å². The molecule has 0 spiro atoms. The van der Waals surface area contributed by atoms with E-state index in [1.165, 1.54) is 6.07 Å². The Balaban J connectivity index is 1.82. The monoisotopic (exact) mass is 375 g/mol. The number of hydrogen-bond donors (Lipinski definition) is 3. The van der Waals surface area contributed by atoms with Crippen molar-refractivity contribution in [3.8, 4) is 0 Å². The molecule has 0 aliphatic rings. The number of nitrogens with one attached hydrogen (secondary N) is 3. The summed E-state index contributed by atoms with van der Waals surface area (Å²) in [6.07, 6.45) is 0. The van der Waals surface area contributed by atoms with Crippen LogP contribution in [0.3, 0.4) is 0 Å². The van der Waals surface area contributed by atoms with Crippen LogP contribution in [-0.2, 0) is 4.79 Å². The summed E-state index contributed by atoms with van der Waals surface area (Å²) in [5.74, 6) is -1.45. The summed E-state index contributed by atoms with van der Waals surface area (Å²) in [5, 5.41) is 18.9. The van der Waals surface area contributed by atoms with Gasteiger partial charge in [-0.05, 0) is 44.4 Å². The largest absolute Gasteiger partial charge is 0.433 e. The normalized spacial score (nSPS) is 10.6. The predicted octanol–water partition coefficient (Wildman–Crippen LogP) is 1.53. The number of carbonyl (C=O) groups is 2. The molecule has 0 saturated heterocycles. The summed E-state index contributed by atoms with van der Waals surface area (Å²) >= 11 is 0. The van der Waals surface area contributed by atoms with Crippen LogP contribution in [0.1, 0.15) is 10.6 Å².